The Labute approximate surface area is 141 Å². The summed E-state index contributed by atoms with van der Waals surface area (Å²) < 4.78 is 3.00. The van der Waals surface area contributed by atoms with E-state index in [9.17, 15) is 4.79 Å². The second-order valence-electron chi connectivity index (χ2n) is 5.85. The van der Waals surface area contributed by atoms with Crippen molar-refractivity contribution >= 4 is 28.3 Å². The van der Waals surface area contributed by atoms with Crippen LogP contribution < -0.4 is 5.69 Å². The molecular formula is C16H16N6OS. The van der Waals surface area contributed by atoms with Crippen molar-refractivity contribution in [2.45, 2.75) is 24.0 Å². The van der Waals surface area contributed by atoms with E-state index in [1.807, 2.05) is 31.4 Å². The Bertz CT molecular complexity index is 1110. The zero-order valence-electron chi connectivity index (χ0n) is 13.5. The maximum Gasteiger partial charge on any atom is 0.348 e. The quantitative estimate of drug-likeness (QED) is 0.580. The second-order valence-corrected chi connectivity index (χ2v) is 7.47. The molecule has 1 aromatic carbocycles. The van der Waals surface area contributed by atoms with E-state index in [-0.39, 0.29) is 5.69 Å². The van der Waals surface area contributed by atoms with Crippen molar-refractivity contribution in [2.24, 2.45) is 7.05 Å². The molecule has 0 fully saturated rings. The predicted molar refractivity (Wildman–Crippen MR) is 94.3 cm³/mol. The average molecular weight is 340 g/mol. The van der Waals surface area contributed by atoms with E-state index in [1.165, 1.54) is 4.52 Å². The molecule has 0 unspecified atom stereocenters. The van der Waals surface area contributed by atoms with Crippen LogP contribution in [-0.2, 0) is 7.05 Å². The lowest BCUT2D eigenvalue weighted by Crippen LogP contribution is -2.17. The van der Waals surface area contributed by atoms with Gasteiger partial charge in [0.15, 0.2) is 11.5 Å². The minimum atomic E-state index is -0.294. The molecule has 3 heterocycles. The van der Waals surface area contributed by atoms with Crippen LogP contribution in [0, 0.1) is 0 Å². The highest BCUT2D eigenvalue weighted by molar-refractivity contribution is 8.00. The fourth-order valence-corrected chi connectivity index (χ4v) is 3.59. The maximum atomic E-state index is 12.5. The van der Waals surface area contributed by atoms with Crippen LogP contribution in [0.3, 0.4) is 0 Å². The number of aromatic nitrogens is 6. The number of nitrogens with one attached hydrogen (secondary N) is 1. The fourth-order valence-electron chi connectivity index (χ4n) is 2.65. The molecule has 122 valence electrons. The molecule has 0 saturated carbocycles. The Morgan fingerprint density at radius 1 is 1.29 bits per heavy atom. The molecule has 4 rings (SSSR count). The first-order valence-electron chi connectivity index (χ1n) is 7.60. The molecule has 0 amide bonds. The van der Waals surface area contributed by atoms with Gasteiger partial charge in [0.05, 0.1) is 17.3 Å². The van der Waals surface area contributed by atoms with Crippen LogP contribution in [0.25, 0.3) is 27.9 Å². The third kappa shape index (κ3) is 2.39. The molecule has 0 atom stereocenters. The van der Waals surface area contributed by atoms with Crippen molar-refractivity contribution in [3.8, 4) is 11.4 Å². The summed E-state index contributed by atoms with van der Waals surface area (Å²) in [4.78, 5) is 21.0. The van der Waals surface area contributed by atoms with E-state index in [1.54, 1.807) is 22.6 Å². The van der Waals surface area contributed by atoms with Crippen LogP contribution in [0.5, 0.6) is 0 Å². The summed E-state index contributed by atoms with van der Waals surface area (Å²) in [6.45, 7) is 4.25. The SMILES string of the molecule is CC(C)Sc1cccc2c1[nH]c(=O)n1nc(-c3cnn(C)c3)nc21. The van der Waals surface area contributed by atoms with Gasteiger partial charge in [0.25, 0.3) is 0 Å². The van der Waals surface area contributed by atoms with Gasteiger partial charge >= 0.3 is 5.69 Å². The number of rotatable bonds is 3. The second kappa shape index (κ2) is 5.48. The Morgan fingerprint density at radius 3 is 2.83 bits per heavy atom. The number of para-hydroxylation sites is 1. The molecule has 0 radical (unpaired) electrons. The van der Waals surface area contributed by atoms with Gasteiger partial charge in [-0.05, 0) is 12.1 Å². The number of nitrogens with zero attached hydrogens (tertiary/aromatic N) is 5. The summed E-state index contributed by atoms with van der Waals surface area (Å²) in [6.07, 6.45) is 3.51. The molecule has 7 nitrogen and oxygen atoms in total. The summed E-state index contributed by atoms with van der Waals surface area (Å²) in [5.74, 6) is 0.489. The van der Waals surface area contributed by atoms with Gasteiger partial charge in [0.2, 0.25) is 0 Å². The van der Waals surface area contributed by atoms with Crippen LogP contribution in [-0.4, -0.2) is 34.6 Å². The minimum absolute atomic E-state index is 0.294. The molecule has 0 spiro atoms. The van der Waals surface area contributed by atoms with Crippen LogP contribution in [0.4, 0.5) is 0 Å². The molecular weight excluding hydrogens is 324 g/mol. The van der Waals surface area contributed by atoms with E-state index in [0.717, 1.165) is 21.4 Å². The number of thioether (sulfide) groups is 1. The van der Waals surface area contributed by atoms with Gasteiger partial charge in [0, 0.05) is 28.8 Å². The number of hydrogen-bond acceptors (Lipinski definition) is 5. The van der Waals surface area contributed by atoms with Gasteiger partial charge in [-0.2, -0.15) is 9.61 Å². The van der Waals surface area contributed by atoms with Gasteiger partial charge in [0.1, 0.15) is 0 Å². The summed E-state index contributed by atoms with van der Waals surface area (Å²) in [5, 5.41) is 9.76. The molecule has 0 aliphatic rings. The van der Waals surface area contributed by atoms with E-state index in [2.05, 4.69) is 34.0 Å². The van der Waals surface area contributed by atoms with Crippen LogP contribution in [0.1, 0.15) is 13.8 Å². The molecule has 8 heteroatoms. The highest BCUT2D eigenvalue weighted by Crippen LogP contribution is 2.30. The molecule has 0 aliphatic heterocycles. The van der Waals surface area contributed by atoms with Crippen molar-refractivity contribution in [2.75, 3.05) is 0 Å². The van der Waals surface area contributed by atoms with Crippen molar-refractivity contribution in [3.05, 3.63) is 41.1 Å². The zero-order valence-corrected chi connectivity index (χ0v) is 14.3. The van der Waals surface area contributed by atoms with E-state index in [4.69, 9.17) is 0 Å². The lowest BCUT2D eigenvalue weighted by molar-refractivity contribution is 0.768. The molecule has 1 N–H and O–H groups in total. The van der Waals surface area contributed by atoms with Gasteiger partial charge in [-0.3, -0.25) is 4.68 Å². The number of aromatic amines is 1. The van der Waals surface area contributed by atoms with Gasteiger partial charge < -0.3 is 4.98 Å². The largest absolute Gasteiger partial charge is 0.348 e. The smallest absolute Gasteiger partial charge is 0.304 e. The minimum Gasteiger partial charge on any atom is -0.304 e. The number of aryl methyl sites for hydroxylation is 1. The molecule has 24 heavy (non-hydrogen) atoms. The van der Waals surface area contributed by atoms with E-state index >= 15 is 0 Å². The standard InChI is InChI=1S/C16H16N6OS/c1-9(2)24-12-6-4-5-11-13(12)18-16(23)22-15(11)19-14(20-22)10-7-17-21(3)8-10/h4-9H,1-3H3,(H,18,23). The predicted octanol–water partition coefficient (Wildman–Crippen LogP) is 2.47. The Hall–Kier alpha value is -2.61. The Kier molecular flexibility index (Phi) is 3.42. The maximum absolute atomic E-state index is 12.5. The third-order valence-corrected chi connectivity index (χ3v) is 4.69. The first-order valence-corrected chi connectivity index (χ1v) is 8.48. The van der Waals surface area contributed by atoms with Crippen LogP contribution in [0.2, 0.25) is 0 Å². The molecule has 4 aromatic rings. The fraction of sp³-hybridized carbons (Fsp3) is 0.250. The summed E-state index contributed by atoms with van der Waals surface area (Å²) in [6, 6.07) is 5.94. The number of benzene rings is 1. The average Bonchev–Trinajstić information content (AvgIpc) is 3.14. The van der Waals surface area contributed by atoms with Crippen molar-refractivity contribution in [1.82, 2.24) is 29.4 Å². The van der Waals surface area contributed by atoms with Crippen molar-refractivity contribution in [1.29, 1.82) is 0 Å². The first-order chi connectivity index (χ1) is 11.5. The molecule has 3 aromatic heterocycles. The van der Waals surface area contributed by atoms with Gasteiger partial charge in [-0.15, -0.1) is 16.9 Å². The Morgan fingerprint density at radius 2 is 2.12 bits per heavy atom. The number of hydrogen-bond donors (Lipinski definition) is 1. The lowest BCUT2D eigenvalue weighted by atomic mass is 10.2. The molecule has 0 aliphatic carbocycles. The summed E-state index contributed by atoms with van der Waals surface area (Å²) in [5.41, 5.74) is 1.84. The number of H-pyrrole nitrogens is 1. The molecule has 0 saturated heterocycles. The van der Waals surface area contributed by atoms with Gasteiger partial charge in [-0.25, -0.2) is 9.78 Å². The first kappa shape index (κ1) is 14.9. The summed E-state index contributed by atoms with van der Waals surface area (Å²) >= 11 is 1.71. The normalized spacial score (nSPS) is 11.8. The van der Waals surface area contributed by atoms with Crippen molar-refractivity contribution < 1.29 is 0 Å². The van der Waals surface area contributed by atoms with E-state index < -0.39 is 0 Å². The highest BCUT2D eigenvalue weighted by atomic mass is 32.2. The van der Waals surface area contributed by atoms with Crippen molar-refractivity contribution in [3.63, 3.8) is 0 Å². The highest BCUT2D eigenvalue weighted by Gasteiger charge is 2.15. The third-order valence-electron chi connectivity index (χ3n) is 3.62. The molecule has 0 bridgehead atoms. The number of fused-ring (bicyclic) bond motifs is 3. The monoisotopic (exact) mass is 340 g/mol. The Balaban J connectivity index is 2.00. The zero-order chi connectivity index (χ0) is 16.8. The summed E-state index contributed by atoms with van der Waals surface area (Å²) in [7, 11) is 1.83. The van der Waals surface area contributed by atoms with Crippen LogP contribution >= 0.6 is 11.8 Å². The van der Waals surface area contributed by atoms with E-state index in [0.29, 0.717) is 16.7 Å². The lowest BCUT2D eigenvalue weighted by Gasteiger charge is -2.08. The van der Waals surface area contributed by atoms with Gasteiger partial charge in [-0.1, -0.05) is 19.9 Å². The van der Waals surface area contributed by atoms with Crippen LogP contribution in [0.15, 0.2) is 40.3 Å². The topological polar surface area (TPSA) is 80.9 Å².